The Balaban J connectivity index is 2.18. The first kappa shape index (κ1) is 13.1. The molecule has 1 aromatic heterocycles. The molecule has 0 aromatic carbocycles. The molecule has 1 saturated heterocycles. The second-order valence-corrected chi connectivity index (χ2v) is 6.95. The number of aryl methyl sites for hydroxylation is 2. The van der Waals surface area contributed by atoms with Crippen molar-refractivity contribution in [3.8, 4) is 0 Å². The number of nitrogens with zero attached hydrogens (tertiary/aromatic N) is 1. The predicted octanol–water partition coefficient (Wildman–Crippen LogP) is 0.932. The van der Waals surface area contributed by atoms with Crippen molar-refractivity contribution in [2.75, 3.05) is 11.1 Å². The summed E-state index contributed by atoms with van der Waals surface area (Å²) in [4.78, 5) is 12.1. The van der Waals surface area contributed by atoms with Crippen LogP contribution in [-0.2, 0) is 14.6 Å². The number of amides is 1. The van der Waals surface area contributed by atoms with Gasteiger partial charge < -0.3 is 5.32 Å². The first-order valence-corrected chi connectivity index (χ1v) is 7.67. The van der Waals surface area contributed by atoms with Gasteiger partial charge in [-0.2, -0.15) is 5.10 Å². The fourth-order valence-corrected chi connectivity index (χ4v) is 3.99. The fourth-order valence-electron chi connectivity index (χ4n) is 2.19. The van der Waals surface area contributed by atoms with E-state index < -0.39 is 21.0 Å². The van der Waals surface area contributed by atoms with Crippen LogP contribution in [0.2, 0.25) is 0 Å². The summed E-state index contributed by atoms with van der Waals surface area (Å²) in [5.41, 5.74) is 1.98. The summed E-state index contributed by atoms with van der Waals surface area (Å²) >= 11 is 0. The number of rotatable bonds is 2. The van der Waals surface area contributed by atoms with Crippen molar-refractivity contribution in [1.82, 2.24) is 10.2 Å². The first-order chi connectivity index (χ1) is 8.42. The largest absolute Gasteiger partial charge is 0.322 e. The highest BCUT2D eigenvalue weighted by molar-refractivity contribution is 7.92. The van der Waals surface area contributed by atoms with Crippen molar-refractivity contribution in [1.29, 1.82) is 0 Å². The second-order valence-electron chi connectivity index (χ2n) is 4.65. The summed E-state index contributed by atoms with van der Waals surface area (Å²) in [6, 6.07) is 0. The van der Waals surface area contributed by atoms with E-state index in [0.717, 1.165) is 12.1 Å². The van der Waals surface area contributed by atoms with E-state index in [2.05, 4.69) is 15.5 Å². The van der Waals surface area contributed by atoms with Gasteiger partial charge in [0.1, 0.15) is 5.25 Å². The van der Waals surface area contributed by atoms with Crippen molar-refractivity contribution in [2.45, 2.75) is 38.4 Å². The topological polar surface area (TPSA) is 91.9 Å². The van der Waals surface area contributed by atoms with E-state index in [9.17, 15) is 13.2 Å². The smallest absolute Gasteiger partial charge is 0.242 e. The van der Waals surface area contributed by atoms with Crippen LogP contribution < -0.4 is 5.32 Å². The van der Waals surface area contributed by atoms with Crippen LogP contribution >= 0.6 is 0 Å². The van der Waals surface area contributed by atoms with Crippen LogP contribution in [0.1, 0.15) is 30.7 Å². The molecule has 0 bridgehead atoms. The molecule has 0 radical (unpaired) electrons. The van der Waals surface area contributed by atoms with Gasteiger partial charge in [0, 0.05) is 0 Å². The molecule has 7 heteroatoms. The van der Waals surface area contributed by atoms with Crippen molar-refractivity contribution in [3.05, 3.63) is 11.4 Å². The lowest BCUT2D eigenvalue weighted by Gasteiger charge is -2.21. The average Bonchev–Trinajstić information content (AvgIpc) is 2.60. The Morgan fingerprint density at radius 1 is 1.39 bits per heavy atom. The quantitative estimate of drug-likeness (QED) is 0.837. The number of anilines is 1. The maximum Gasteiger partial charge on any atom is 0.242 e. The normalized spacial score (nSPS) is 22.7. The lowest BCUT2D eigenvalue weighted by atomic mass is 10.1. The van der Waals surface area contributed by atoms with E-state index in [4.69, 9.17) is 0 Å². The number of sulfone groups is 1. The number of hydrogen-bond acceptors (Lipinski definition) is 4. The first-order valence-electron chi connectivity index (χ1n) is 5.96. The molecule has 1 amide bonds. The second kappa shape index (κ2) is 4.72. The minimum atomic E-state index is -3.29. The summed E-state index contributed by atoms with van der Waals surface area (Å²) in [6.07, 6.45) is 1.83. The Morgan fingerprint density at radius 2 is 2.11 bits per heavy atom. The lowest BCUT2D eigenvalue weighted by molar-refractivity contribution is -0.116. The number of H-pyrrole nitrogens is 1. The molecule has 2 heterocycles. The van der Waals surface area contributed by atoms with Gasteiger partial charge in [-0.15, -0.1) is 0 Å². The van der Waals surface area contributed by atoms with Gasteiger partial charge in [0.2, 0.25) is 5.91 Å². The van der Waals surface area contributed by atoms with Crippen molar-refractivity contribution in [2.24, 2.45) is 0 Å². The van der Waals surface area contributed by atoms with Gasteiger partial charge in [-0.05, 0) is 26.7 Å². The molecule has 1 atom stereocenters. The Bertz CT molecular complexity index is 543. The molecule has 0 spiro atoms. The molecular weight excluding hydrogens is 254 g/mol. The zero-order valence-corrected chi connectivity index (χ0v) is 11.3. The number of hydrogen-bond donors (Lipinski definition) is 2. The number of aromatic amines is 1. The highest BCUT2D eigenvalue weighted by atomic mass is 32.2. The van der Waals surface area contributed by atoms with E-state index in [0.29, 0.717) is 24.2 Å². The van der Waals surface area contributed by atoms with Crippen molar-refractivity contribution >= 4 is 21.4 Å². The van der Waals surface area contributed by atoms with Gasteiger partial charge in [-0.1, -0.05) is 6.42 Å². The Hall–Kier alpha value is -1.37. The van der Waals surface area contributed by atoms with Crippen LogP contribution in [0.4, 0.5) is 5.69 Å². The van der Waals surface area contributed by atoms with E-state index in [1.807, 2.05) is 0 Å². The van der Waals surface area contributed by atoms with Gasteiger partial charge in [-0.25, -0.2) is 8.42 Å². The van der Waals surface area contributed by atoms with E-state index in [1.165, 1.54) is 0 Å². The standard InChI is InChI=1S/C11H17N3O3S/c1-7-10(8(2)14-13-7)12-11(15)9-5-3-4-6-18(9,16)17/h9H,3-6H2,1-2H3,(H,12,15)(H,13,14). The number of carbonyl (C=O) groups is 1. The molecule has 1 fully saturated rings. The number of aromatic nitrogens is 2. The van der Waals surface area contributed by atoms with Crippen LogP contribution in [0.25, 0.3) is 0 Å². The van der Waals surface area contributed by atoms with Crippen LogP contribution in [0.3, 0.4) is 0 Å². The Morgan fingerprint density at radius 3 is 2.67 bits per heavy atom. The molecule has 2 N–H and O–H groups in total. The van der Waals surface area contributed by atoms with Crippen molar-refractivity contribution < 1.29 is 13.2 Å². The monoisotopic (exact) mass is 271 g/mol. The predicted molar refractivity (Wildman–Crippen MR) is 68.1 cm³/mol. The molecule has 1 unspecified atom stereocenters. The fraction of sp³-hybridized carbons (Fsp3) is 0.636. The number of nitrogens with one attached hydrogen (secondary N) is 2. The van der Waals surface area contributed by atoms with E-state index in [1.54, 1.807) is 13.8 Å². The Labute approximate surface area is 106 Å². The van der Waals surface area contributed by atoms with Crippen LogP contribution in [-0.4, -0.2) is 35.5 Å². The highest BCUT2D eigenvalue weighted by Crippen LogP contribution is 2.23. The minimum absolute atomic E-state index is 0.106. The summed E-state index contributed by atoms with van der Waals surface area (Å²) in [5.74, 6) is -0.337. The van der Waals surface area contributed by atoms with Crippen molar-refractivity contribution in [3.63, 3.8) is 0 Å². The maximum absolute atomic E-state index is 12.1. The molecule has 18 heavy (non-hydrogen) atoms. The summed E-state index contributed by atoms with van der Waals surface area (Å²) in [6.45, 7) is 3.54. The van der Waals surface area contributed by atoms with Crippen LogP contribution in [0, 0.1) is 13.8 Å². The van der Waals surface area contributed by atoms with Crippen LogP contribution in [0.15, 0.2) is 0 Å². The highest BCUT2D eigenvalue weighted by Gasteiger charge is 2.35. The molecule has 0 aliphatic carbocycles. The molecule has 1 aliphatic rings. The minimum Gasteiger partial charge on any atom is -0.322 e. The van der Waals surface area contributed by atoms with Crippen LogP contribution in [0.5, 0.6) is 0 Å². The molecule has 100 valence electrons. The lowest BCUT2D eigenvalue weighted by Crippen LogP contribution is -2.39. The van der Waals surface area contributed by atoms with Gasteiger partial charge in [0.05, 0.1) is 22.8 Å². The Kier molecular flexibility index (Phi) is 3.43. The van der Waals surface area contributed by atoms with E-state index >= 15 is 0 Å². The van der Waals surface area contributed by atoms with Gasteiger partial charge in [0.25, 0.3) is 0 Å². The third kappa shape index (κ3) is 2.40. The third-order valence-electron chi connectivity index (χ3n) is 3.25. The zero-order chi connectivity index (χ0) is 13.3. The molecule has 1 aliphatic heterocycles. The SMILES string of the molecule is Cc1n[nH]c(C)c1NC(=O)C1CCCCS1(=O)=O. The molecular formula is C11H17N3O3S. The maximum atomic E-state index is 12.1. The third-order valence-corrected chi connectivity index (χ3v) is 5.42. The molecule has 1 aromatic rings. The summed E-state index contributed by atoms with van der Waals surface area (Å²) in [5, 5.41) is 8.47. The number of carbonyl (C=O) groups excluding carboxylic acids is 1. The van der Waals surface area contributed by atoms with E-state index in [-0.39, 0.29) is 5.75 Å². The zero-order valence-electron chi connectivity index (χ0n) is 10.5. The molecule has 0 saturated carbocycles. The van der Waals surface area contributed by atoms with Gasteiger partial charge in [0.15, 0.2) is 9.84 Å². The molecule has 2 rings (SSSR count). The van der Waals surface area contributed by atoms with Gasteiger partial charge >= 0.3 is 0 Å². The summed E-state index contributed by atoms with van der Waals surface area (Å²) in [7, 11) is -3.29. The summed E-state index contributed by atoms with van der Waals surface area (Å²) < 4.78 is 23.7. The van der Waals surface area contributed by atoms with Gasteiger partial charge in [-0.3, -0.25) is 9.89 Å². The molecule has 6 nitrogen and oxygen atoms in total. The average molecular weight is 271 g/mol.